The quantitative estimate of drug-likeness (QED) is 0.296. The van der Waals surface area contributed by atoms with Crippen LogP contribution in [0, 0.1) is 6.92 Å². The maximum atomic E-state index is 10.3. The van der Waals surface area contributed by atoms with Crippen molar-refractivity contribution in [3.8, 4) is 0 Å². The molecule has 1 fully saturated rings. The van der Waals surface area contributed by atoms with Gasteiger partial charge in [-0.2, -0.15) is 6.42 Å². The SMILES string of the molecule is C=CC(=O)OC1CC1.C=CC(=O)[O-].C=CC(=O)[O-].[CH2-]CCC.[Zn+2]. The fourth-order valence-corrected chi connectivity index (χ4v) is 0.398. The van der Waals surface area contributed by atoms with Gasteiger partial charge >= 0.3 is 25.4 Å². The van der Waals surface area contributed by atoms with Gasteiger partial charge in [0.1, 0.15) is 6.10 Å². The number of unbranched alkanes of at least 4 members (excludes halogenated alkanes) is 1. The van der Waals surface area contributed by atoms with Gasteiger partial charge in [-0.15, -0.1) is 0 Å². The molecule has 0 heterocycles. The molecule has 0 N–H and O–H groups in total. The van der Waals surface area contributed by atoms with E-state index in [4.69, 9.17) is 24.5 Å². The Morgan fingerprint density at radius 1 is 1.09 bits per heavy atom. The summed E-state index contributed by atoms with van der Waals surface area (Å²) < 4.78 is 4.75. The van der Waals surface area contributed by atoms with Crippen molar-refractivity contribution in [2.45, 2.75) is 38.7 Å². The van der Waals surface area contributed by atoms with Gasteiger partial charge in [0.05, 0.1) is 11.9 Å². The zero-order valence-electron chi connectivity index (χ0n) is 13.6. The fourth-order valence-electron chi connectivity index (χ4n) is 0.398. The van der Waals surface area contributed by atoms with E-state index in [9.17, 15) is 4.79 Å². The van der Waals surface area contributed by atoms with Crippen LogP contribution in [0.4, 0.5) is 0 Å². The second-order valence-electron chi connectivity index (χ2n) is 3.74. The minimum absolute atomic E-state index is 0. The monoisotopic (exact) mass is 375 g/mol. The van der Waals surface area contributed by atoms with Crippen LogP contribution in [0.1, 0.15) is 32.6 Å². The molecule has 0 aromatic carbocycles. The molecule has 0 bridgehead atoms. The van der Waals surface area contributed by atoms with Gasteiger partial charge in [0, 0.05) is 6.08 Å². The van der Waals surface area contributed by atoms with Crippen molar-refractivity contribution < 1.29 is 48.8 Å². The van der Waals surface area contributed by atoms with E-state index in [0.717, 1.165) is 31.4 Å². The van der Waals surface area contributed by atoms with Crippen LogP contribution in [0.2, 0.25) is 0 Å². The number of carboxylic acids is 2. The summed E-state index contributed by atoms with van der Waals surface area (Å²) in [7, 11) is 0. The summed E-state index contributed by atoms with van der Waals surface area (Å²) >= 11 is 0. The number of ether oxygens (including phenoxy) is 1. The van der Waals surface area contributed by atoms with Gasteiger partial charge < -0.3 is 31.5 Å². The number of rotatable bonds is 5. The summed E-state index contributed by atoms with van der Waals surface area (Å²) in [5.74, 6) is -2.76. The number of aliphatic carboxylic acids is 2. The number of esters is 1. The normalized spacial score (nSPS) is 10.2. The van der Waals surface area contributed by atoms with Crippen molar-refractivity contribution in [3.63, 3.8) is 0 Å². The summed E-state index contributed by atoms with van der Waals surface area (Å²) in [5.41, 5.74) is 0. The zero-order chi connectivity index (χ0) is 18.0. The number of hydrogen-bond donors (Lipinski definition) is 0. The molecule has 0 spiro atoms. The topological polar surface area (TPSA) is 107 Å². The molecular weight excluding hydrogens is 354 g/mol. The molecular formula is C16H23O6Zn-. The standard InChI is InChI=1S/C6H8O2.C4H9.2C3H4O2.Zn/c1-2-6(7)8-5-3-4-5;1-3-4-2;2*1-2-3(4)5;/h2,5H,1,3-4H2;1,3-4H2,2H3;2*2H,1H2,(H,4,5);/q;-1;;;+2/p-2. The Balaban J connectivity index is -0.000000108. The van der Waals surface area contributed by atoms with E-state index in [1.54, 1.807) is 0 Å². The van der Waals surface area contributed by atoms with Crippen LogP contribution in [-0.4, -0.2) is 24.0 Å². The first-order valence-corrected chi connectivity index (χ1v) is 6.57. The predicted octanol–water partition coefficient (Wildman–Crippen LogP) is 0.341. The molecule has 1 rings (SSSR count). The van der Waals surface area contributed by atoms with Gasteiger partial charge in [-0.1, -0.05) is 33.1 Å². The minimum atomic E-state index is -1.23. The minimum Gasteiger partial charge on any atom is -0.545 e. The van der Waals surface area contributed by atoms with Crippen LogP contribution in [0.15, 0.2) is 38.0 Å². The fraction of sp³-hybridized carbons (Fsp3) is 0.375. The number of carbonyl (C=O) groups is 3. The maximum Gasteiger partial charge on any atom is 2.00 e. The van der Waals surface area contributed by atoms with E-state index in [1.807, 2.05) is 0 Å². The molecule has 0 amide bonds. The van der Waals surface area contributed by atoms with Crippen LogP contribution in [-0.2, 0) is 38.6 Å². The molecule has 0 aromatic rings. The first kappa shape index (κ1) is 29.3. The molecule has 1 aliphatic carbocycles. The van der Waals surface area contributed by atoms with Crippen molar-refractivity contribution in [2.24, 2.45) is 0 Å². The number of carboxylic acid groups (broad SMARTS) is 2. The second-order valence-corrected chi connectivity index (χ2v) is 3.74. The smallest absolute Gasteiger partial charge is 0.545 e. The second kappa shape index (κ2) is 22.5. The van der Waals surface area contributed by atoms with Gasteiger partial charge in [-0.25, -0.2) is 4.79 Å². The molecule has 0 radical (unpaired) electrons. The van der Waals surface area contributed by atoms with E-state index < -0.39 is 11.9 Å². The summed E-state index contributed by atoms with van der Waals surface area (Å²) in [6.07, 6.45) is 7.18. The third-order valence-corrected chi connectivity index (χ3v) is 1.66. The van der Waals surface area contributed by atoms with Crippen LogP contribution < -0.4 is 10.2 Å². The molecule has 0 atom stereocenters. The van der Waals surface area contributed by atoms with Gasteiger partial charge in [-0.3, -0.25) is 0 Å². The van der Waals surface area contributed by atoms with Crippen LogP contribution >= 0.6 is 0 Å². The van der Waals surface area contributed by atoms with Crippen molar-refractivity contribution >= 4 is 17.9 Å². The first-order chi connectivity index (χ1) is 10.3. The van der Waals surface area contributed by atoms with Gasteiger partial charge in [0.25, 0.3) is 0 Å². The molecule has 23 heavy (non-hydrogen) atoms. The summed E-state index contributed by atoms with van der Waals surface area (Å²) in [6.45, 7) is 14.8. The molecule has 7 heteroatoms. The Labute approximate surface area is 150 Å². The molecule has 1 saturated carbocycles. The maximum absolute atomic E-state index is 10.3. The molecule has 1 aliphatic rings. The summed E-state index contributed by atoms with van der Waals surface area (Å²) in [4.78, 5) is 28.6. The molecule has 6 nitrogen and oxygen atoms in total. The molecule has 0 unspecified atom stereocenters. The van der Waals surface area contributed by atoms with Crippen LogP contribution in [0.3, 0.4) is 0 Å². The van der Waals surface area contributed by atoms with Crippen LogP contribution in [0.25, 0.3) is 0 Å². The first-order valence-electron chi connectivity index (χ1n) is 6.57. The van der Waals surface area contributed by atoms with Crippen molar-refractivity contribution in [1.29, 1.82) is 0 Å². The zero-order valence-corrected chi connectivity index (χ0v) is 16.6. The van der Waals surface area contributed by atoms with Gasteiger partial charge in [0.15, 0.2) is 0 Å². The summed E-state index contributed by atoms with van der Waals surface area (Å²) in [6, 6.07) is 0. The van der Waals surface area contributed by atoms with Crippen LogP contribution in [0.5, 0.6) is 0 Å². The third-order valence-electron chi connectivity index (χ3n) is 1.66. The Bertz CT molecular complexity index is 342. The summed E-state index contributed by atoms with van der Waals surface area (Å²) in [5, 5.41) is 18.3. The average Bonchev–Trinajstić information content (AvgIpc) is 3.32. The molecule has 0 aromatic heterocycles. The van der Waals surface area contributed by atoms with E-state index in [0.29, 0.717) is 0 Å². The number of carbonyl (C=O) groups excluding carboxylic acids is 3. The van der Waals surface area contributed by atoms with Gasteiger partial charge in [-0.05, 0) is 25.0 Å². The molecule has 0 aliphatic heterocycles. The Hall–Kier alpha value is -1.75. The third kappa shape index (κ3) is 44.9. The molecule has 126 valence electrons. The molecule has 0 saturated heterocycles. The Morgan fingerprint density at radius 2 is 1.39 bits per heavy atom. The predicted molar refractivity (Wildman–Crippen MR) is 80.0 cm³/mol. The largest absolute Gasteiger partial charge is 2.00 e. The van der Waals surface area contributed by atoms with Crippen molar-refractivity contribution in [3.05, 3.63) is 44.9 Å². The Morgan fingerprint density at radius 3 is 1.52 bits per heavy atom. The Kier molecular flexibility index (Phi) is 28.7. The van der Waals surface area contributed by atoms with E-state index >= 15 is 0 Å². The van der Waals surface area contributed by atoms with Crippen molar-refractivity contribution in [1.82, 2.24) is 0 Å². The van der Waals surface area contributed by atoms with E-state index in [1.165, 1.54) is 12.5 Å². The number of hydrogen-bond acceptors (Lipinski definition) is 6. The van der Waals surface area contributed by atoms with Crippen molar-refractivity contribution in [2.75, 3.05) is 0 Å². The average molecular weight is 377 g/mol. The van der Waals surface area contributed by atoms with E-state index in [-0.39, 0.29) is 31.6 Å². The van der Waals surface area contributed by atoms with Gasteiger partial charge in [0.2, 0.25) is 0 Å². The van der Waals surface area contributed by atoms with E-state index in [2.05, 4.69) is 33.6 Å².